The van der Waals surface area contributed by atoms with Gasteiger partial charge in [-0.15, -0.1) is 0 Å². The molecule has 1 radical (unpaired) electrons. The molecule has 0 heterocycles. The molecule has 1 aliphatic rings. The molecule has 16 heavy (non-hydrogen) atoms. The van der Waals surface area contributed by atoms with E-state index in [-0.39, 0.29) is 12.5 Å². The Kier molecular flexibility index (Phi) is 3.25. The smallest absolute Gasteiger partial charge is 0.313 e. The molecule has 1 aromatic carbocycles. The molecule has 0 atom stereocenters. The number of hydrogen-bond donors (Lipinski definition) is 0. The van der Waals surface area contributed by atoms with Gasteiger partial charge in [0.1, 0.15) is 0 Å². The highest BCUT2D eigenvalue weighted by Gasteiger charge is 2.50. The topological polar surface area (TPSA) is 50.1 Å². The molecule has 1 N–H and O–H groups in total. The summed E-state index contributed by atoms with van der Waals surface area (Å²) in [6.07, 6.45) is 2.39. The Balaban J connectivity index is 1.75. The van der Waals surface area contributed by atoms with E-state index in [1.54, 1.807) is 0 Å². The van der Waals surface area contributed by atoms with Gasteiger partial charge in [0.05, 0.1) is 12.0 Å². The Hall–Kier alpha value is -1.35. The van der Waals surface area contributed by atoms with Crippen molar-refractivity contribution >= 4 is 5.97 Å². The molecule has 1 fully saturated rings. The number of esters is 1. The molecule has 0 spiro atoms. The van der Waals surface area contributed by atoms with E-state index in [2.05, 4.69) is 0 Å². The summed E-state index contributed by atoms with van der Waals surface area (Å²) in [6.45, 7) is 0.585. The third kappa shape index (κ3) is 2.42. The van der Waals surface area contributed by atoms with Gasteiger partial charge in [-0.05, 0) is 18.4 Å². The van der Waals surface area contributed by atoms with Gasteiger partial charge in [-0.1, -0.05) is 30.3 Å². The van der Waals surface area contributed by atoms with Gasteiger partial charge >= 0.3 is 5.97 Å². The average Bonchev–Trinajstić information content (AvgIpc) is 3.11. The number of carbonyl (C=O) groups excluding carboxylic acids is 1. The van der Waals surface area contributed by atoms with Crippen molar-refractivity contribution in [3.8, 4) is 0 Å². The highest BCUT2D eigenvalue weighted by atomic mass is 16.5. The Labute approximate surface area is 95.6 Å². The van der Waals surface area contributed by atoms with Crippen LogP contribution in [0.4, 0.5) is 0 Å². The van der Waals surface area contributed by atoms with Crippen LogP contribution in [0.1, 0.15) is 18.4 Å². The predicted molar refractivity (Wildman–Crippen MR) is 60.7 cm³/mol. The monoisotopic (exact) mass is 218 g/mol. The molecule has 1 saturated carbocycles. The highest BCUT2D eigenvalue weighted by Crippen LogP contribution is 2.45. The molecule has 0 bridgehead atoms. The van der Waals surface area contributed by atoms with E-state index >= 15 is 0 Å². The summed E-state index contributed by atoms with van der Waals surface area (Å²) in [5, 5.41) is 0. The van der Waals surface area contributed by atoms with Crippen LogP contribution in [0.25, 0.3) is 0 Å². The van der Waals surface area contributed by atoms with Gasteiger partial charge in [0, 0.05) is 13.0 Å². The van der Waals surface area contributed by atoms with E-state index in [4.69, 9.17) is 10.5 Å². The van der Waals surface area contributed by atoms with Crippen LogP contribution in [0.5, 0.6) is 0 Å². The lowest BCUT2D eigenvalue weighted by molar-refractivity contribution is -0.149. The number of nitrogens with one attached hydrogen (secondary N) is 1. The Morgan fingerprint density at radius 1 is 1.31 bits per heavy atom. The maximum atomic E-state index is 11.6. The van der Waals surface area contributed by atoms with Gasteiger partial charge < -0.3 is 4.74 Å². The van der Waals surface area contributed by atoms with Crippen molar-refractivity contribution in [3.05, 3.63) is 35.9 Å². The zero-order valence-electron chi connectivity index (χ0n) is 9.24. The van der Waals surface area contributed by atoms with Gasteiger partial charge in [0.2, 0.25) is 0 Å². The van der Waals surface area contributed by atoms with E-state index < -0.39 is 5.41 Å². The predicted octanol–water partition coefficient (Wildman–Crippen LogP) is 1.84. The summed E-state index contributed by atoms with van der Waals surface area (Å²) in [6, 6.07) is 9.96. The molecular weight excluding hydrogens is 202 g/mol. The van der Waals surface area contributed by atoms with Gasteiger partial charge in [-0.2, -0.15) is 0 Å². The number of hydrogen-bond acceptors (Lipinski definition) is 2. The van der Waals surface area contributed by atoms with Crippen LogP contribution in [0.15, 0.2) is 30.3 Å². The molecule has 0 amide bonds. The molecule has 3 nitrogen and oxygen atoms in total. The first-order valence-electron chi connectivity index (χ1n) is 5.63. The molecule has 3 heteroatoms. The minimum absolute atomic E-state index is 0.164. The van der Waals surface area contributed by atoms with Gasteiger partial charge in [0.15, 0.2) is 0 Å². The van der Waals surface area contributed by atoms with Crippen molar-refractivity contribution in [1.82, 2.24) is 5.73 Å². The first-order valence-corrected chi connectivity index (χ1v) is 5.63. The van der Waals surface area contributed by atoms with E-state index in [0.717, 1.165) is 19.3 Å². The van der Waals surface area contributed by atoms with Crippen LogP contribution < -0.4 is 5.73 Å². The zero-order chi connectivity index (χ0) is 11.4. The molecule has 0 unspecified atom stereocenters. The van der Waals surface area contributed by atoms with Crippen LogP contribution >= 0.6 is 0 Å². The van der Waals surface area contributed by atoms with Gasteiger partial charge in [-0.3, -0.25) is 10.5 Å². The van der Waals surface area contributed by atoms with Crippen molar-refractivity contribution in [1.29, 1.82) is 0 Å². The molecule has 1 aliphatic carbocycles. The van der Waals surface area contributed by atoms with E-state index in [1.165, 1.54) is 5.56 Å². The average molecular weight is 218 g/mol. The fourth-order valence-electron chi connectivity index (χ4n) is 1.66. The Morgan fingerprint density at radius 2 is 2.00 bits per heavy atom. The van der Waals surface area contributed by atoms with Crippen LogP contribution in [-0.2, 0) is 16.0 Å². The second-order valence-corrected chi connectivity index (χ2v) is 4.33. The SMILES string of the molecule is [NH]CC1(C(=O)OCCc2ccccc2)CC1. The second-order valence-electron chi connectivity index (χ2n) is 4.33. The number of ether oxygens (including phenoxy) is 1. The minimum Gasteiger partial charge on any atom is -0.465 e. The first-order chi connectivity index (χ1) is 7.77. The zero-order valence-corrected chi connectivity index (χ0v) is 9.24. The fourth-order valence-corrected chi connectivity index (χ4v) is 1.66. The summed E-state index contributed by atoms with van der Waals surface area (Å²) >= 11 is 0. The normalized spacial score (nSPS) is 16.8. The third-order valence-electron chi connectivity index (χ3n) is 3.09. The maximum Gasteiger partial charge on any atom is 0.313 e. The molecule has 0 aliphatic heterocycles. The summed E-state index contributed by atoms with van der Waals surface area (Å²) in [7, 11) is 0. The van der Waals surface area contributed by atoms with Crippen molar-refractivity contribution in [3.63, 3.8) is 0 Å². The van der Waals surface area contributed by atoms with Crippen molar-refractivity contribution in [2.45, 2.75) is 19.3 Å². The van der Waals surface area contributed by atoms with Crippen LogP contribution in [-0.4, -0.2) is 19.1 Å². The lowest BCUT2D eigenvalue weighted by Crippen LogP contribution is -2.24. The molecule has 0 aromatic heterocycles. The number of rotatable bonds is 5. The summed E-state index contributed by atoms with van der Waals surface area (Å²) in [5.74, 6) is -0.182. The van der Waals surface area contributed by atoms with E-state index in [9.17, 15) is 4.79 Å². The molecule has 85 valence electrons. The largest absolute Gasteiger partial charge is 0.465 e. The Morgan fingerprint density at radius 3 is 2.56 bits per heavy atom. The maximum absolute atomic E-state index is 11.6. The summed E-state index contributed by atoms with van der Waals surface area (Å²) < 4.78 is 5.21. The van der Waals surface area contributed by atoms with Crippen LogP contribution in [0.3, 0.4) is 0 Å². The lowest BCUT2D eigenvalue weighted by Gasteiger charge is -2.11. The van der Waals surface area contributed by atoms with E-state index in [1.807, 2.05) is 30.3 Å². The lowest BCUT2D eigenvalue weighted by atomic mass is 10.1. The summed E-state index contributed by atoms with van der Waals surface area (Å²) in [5.41, 5.74) is 8.02. The number of benzene rings is 1. The minimum atomic E-state index is -0.448. The number of carbonyl (C=O) groups is 1. The molecule has 1 aromatic rings. The van der Waals surface area contributed by atoms with Crippen molar-refractivity contribution < 1.29 is 9.53 Å². The van der Waals surface area contributed by atoms with Crippen molar-refractivity contribution in [2.75, 3.05) is 13.2 Å². The highest BCUT2D eigenvalue weighted by molar-refractivity contribution is 5.80. The molecule has 0 saturated heterocycles. The van der Waals surface area contributed by atoms with Crippen molar-refractivity contribution in [2.24, 2.45) is 5.41 Å². The van der Waals surface area contributed by atoms with Gasteiger partial charge in [0.25, 0.3) is 0 Å². The fraction of sp³-hybridized carbons (Fsp3) is 0.462. The summed E-state index contributed by atoms with van der Waals surface area (Å²) in [4.78, 5) is 11.6. The van der Waals surface area contributed by atoms with Gasteiger partial charge in [-0.25, -0.2) is 0 Å². The molecular formula is C13H16NO2. The van der Waals surface area contributed by atoms with E-state index in [0.29, 0.717) is 6.61 Å². The van der Waals surface area contributed by atoms with Crippen LogP contribution in [0, 0.1) is 5.41 Å². The Bertz CT molecular complexity index is 357. The second kappa shape index (κ2) is 4.66. The quantitative estimate of drug-likeness (QED) is 0.708. The third-order valence-corrected chi connectivity index (χ3v) is 3.09. The molecule has 2 rings (SSSR count). The first kappa shape index (κ1) is 11.1. The van der Waals surface area contributed by atoms with Crippen LogP contribution in [0.2, 0.25) is 0 Å². The standard InChI is InChI=1S/C13H16NO2/c14-10-13(7-8-13)12(15)16-9-6-11-4-2-1-3-5-11/h1-5,14H,6-10H2.